The van der Waals surface area contributed by atoms with Crippen LogP contribution in [0.25, 0.3) is 28.2 Å². The van der Waals surface area contributed by atoms with Crippen LogP contribution in [0.15, 0.2) is 48.7 Å². The number of pyridine rings is 2. The van der Waals surface area contributed by atoms with Crippen LogP contribution in [-0.2, 0) is 15.9 Å². The Morgan fingerprint density at radius 2 is 1.95 bits per heavy atom. The maximum Gasteiger partial charge on any atom is 0.408 e. The minimum Gasteiger partial charge on any atom is -0.444 e. The van der Waals surface area contributed by atoms with Crippen molar-refractivity contribution in [1.82, 2.24) is 24.8 Å². The van der Waals surface area contributed by atoms with Crippen molar-refractivity contribution >= 4 is 28.9 Å². The number of hydrogen-bond donors (Lipinski definition) is 2. The Labute approximate surface area is 227 Å². The minimum absolute atomic E-state index is 0.0945. The van der Waals surface area contributed by atoms with Crippen LogP contribution in [0.4, 0.5) is 16.4 Å². The summed E-state index contributed by atoms with van der Waals surface area (Å²) in [7, 11) is 0. The number of carbonyl (C=O) groups excluding carboxylic acids is 1. The van der Waals surface area contributed by atoms with E-state index in [-0.39, 0.29) is 6.04 Å². The lowest BCUT2D eigenvalue weighted by atomic mass is 10.1. The Bertz CT molecular complexity index is 1540. The van der Waals surface area contributed by atoms with Crippen LogP contribution >= 0.6 is 0 Å². The standard InChI is InChI=1S/C29H33N7O3/c1-29(2,3)39-28(37)33-22-9-6-18-17-19(7-8-20(18)22)36-26(21-5-4-12-31-25(21)30)32-23-10-11-24(34-27(23)36)35-13-15-38-16-14-35/h4-5,7-8,10-12,17,22H,6,9,13-16H2,1-3H3,(H2,30,31)(H,33,37)/t22-/m0/s1. The van der Waals surface area contributed by atoms with E-state index >= 15 is 0 Å². The second-order valence-electron chi connectivity index (χ2n) is 10.9. The Kier molecular flexibility index (Phi) is 6.34. The van der Waals surface area contributed by atoms with Gasteiger partial charge in [0.1, 0.15) is 22.8 Å². The number of aromatic nitrogens is 4. The number of morpholine rings is 1. The van der Waals surface area contributed by atoms with E-state index in [1.807, 2.05) is 51.1 Å². The summed E-state index contributed by atoms with van der Waals surface area (Å²) >= 11 is 0. The number of fused-ring (bicyclic) bond motifs is 2. The smallest absolute Gasteiger partial charge is 0.408 e. The molecule has 4 heterocycles. The highest BCUT2D eigenvalue weighted by Crippen LogP contribution is 2.36. The predicted molar refractivity (Wildman–Crippen MR) is 150 cm³/mol. The average Bonchev–Trinajstić information content (AvgIpc) is 3.48. The average molecular weight is 528 g/mol. The van der Waals surface area contributed by atoms with Crippen molar-refractivity contribution in [2.75, 3.05) is 36.9 Å². The number of alkyl carbamates (subject to hydrolysis) is 1. The molecule has 3 aromatic heterocycles. The number of hydrogen-bond acceptors (Lipinski definition) is 8. The van der Waals surface area contributed by atoms with E-state index in [0.717, 1.165) is 59.7 Å². The SMILES string of the molecule is CC(C)(C)OC(=O)N[C@H]1CCc2cc(-n3c(-c4cccnc4N)nc4ccc(N5CCOCC5)nc43)ccc21. The Balaban J connectivity index is 1.42. The monoisotopic (exact) mass is 527 g/mol. The first-order valence-corrected chi connectivity index (χ1v) is 13.3. The molecule has 10 nitrogen and oxygen atoms in total. The molecule has 0 spiro atoms. The Morgan fingerprint density at radius 3 is 2.72 bits per heavy atom. The number of aryl methyl sites for hydroxylation is 1. The summed E-state index contributed by atoms with van der Waals surface area (Å²) in [5, 5.41) is 3.03. The summed E-state index contributed by atoms with van der Waals surface area (Å²) in [6.45, 7) is 8.53. The van der Waals surface area contributed by atoms with Crippen LogP contribution in [0.3, 0.4) is 0 Å². The molecule has 1 atom stereocenters. The van der Waals surface area contributed by atoms with Gasteiger partial charge in [0.2, 0.25) is 0 Å². The molecular weight excluding hydrogens is 494 g/mol. The minimum atomic E-state index is -0.546. The van der Waals surface area contributed by atoms with Gasteiger partial charge in [-0.05, 0) is 81.1 Å². The van der Waals surface area contributed by atoms with Crippen molar-refractivity contribution in [3.63, 3.8) is 0 Å². The molecule has 0 saturated carbocycles. The van der Waals surface area contributed by atoms with E-state index in [1.165, 1.54) is 5.56 Å². The number of nitrogens with two attached hydrogens (primary N) is 1. The van der Waals surface area contributed by atoms with Gasteiger partial charge in [0, 0.05) is 25.0 Å². The van der Waals surface area contributed by atoms with Crippen LogP contribution in [-0.4, -0.2) is 57.5 Å². The molecule has 3 N–H and O–H groups in total. The first kappa shape index (κ1) is 25.1. The zero-order chi connectivity index (χ0) is 27.1. The van der Waals surface area contributed by atoms with E-state index in [2.05, 4.69) is 31.9 Å². The van der Waals surface area contributed by atoms with E-state index in [0.29, 0.717) is 24.9 Å². The molecule has 1 aliphatic carbocycles. The van der Waals surface area contributed by atoms with Gasteiger partial charge >= 0.3 is 6.09 Å². The van der Waals surface area contributed by atoms with Crippen molar-refractivity contribution in [3.05, 3.63) is 59.8 Å². The van der Waals surface area contributed by atoms with E-state index in [4.69, 9.17) is 25.2 Å². The largest absolute Gasteiger partial charge is 0.444 e. The quantitative estimate of drug-likeness (QED) is 0.400. The number of ether oxygens (including phenoxy) is 2. The van der Waals surface area contributed by atoms with Crippen LogP contribution in [0.5, 0.6) is 0 Å². The number of nitrogens with one attached hydrogen (secondary N) is 1. The van der Waals surface area contributed by atoms with Gasteiger partial charge in [-0.2, -0.15) is 0 Å². The highest BCUT2D eigenvalue weighted by Gasteiger charge is 2.28. The number of nitrogens with zero attached hydrogens (tertiary/aromatic N) is 5. The van der Waals surface area contributed by atoms with Gasteiger partial charge in [-0.1, -0.05) is 6.07 Å². The molecule has 1 aliphatic heterocycles. The molecule has 4 aromatic rings. The lowest BCUT2D eigenvalue weighted by Crippen LogP contribution is -2.36. The molecule has 1 saturated heterocycles. The molecule has 1 aromatic carbocycles. The number of carbonyl (C=O) groups is 1. The lowest BCUT2D eigenvalue weighted by molar-refractivity contribution is 0.0503. The van der Waals surface area contributed by atoms with Gasteiger partial charge in [-0.15, -0.1) is 0 Å². The fourth-order valence-electron chi connectivity index (χ4n) is 5.29. The number of nitrogen functional groups attached to an aromatic ring is 1. The molecule has 1 amide bonds. The predicted octanol–water partition coefficient (Wildman–Crippen LogP) is 4.41. The number of imidazole rings is 1. The summed E-state index contributed by atoms with van der Waals surface area (Å²) in [6, 6.07) is 14.0. The first-order chi connectivity index (χ1) is 18.8. The van der Waals surface area contributed by atoms with Gasteiger partial charge in [0.15, 0.2) is 11.5 Å². The molecular formula is C29H33N7O3. The number of anilines is 2. The molecule has 0 bridgehead atoms. The molecule has 39 heavy (non-hydrogen) atoms. The van der Waals surface area contributed by atoms with Gasteiger partial charge in [-0.25, -0.2) is 19.7 Å². The highest BCUT2D eigenvalue weighted by atomic mass is 16.6. The Hall–Kier alpha value is -4.18. The number of rotatable bonds is 4. The van der Waals surface area contributed by atoms with Crippen molar-refractivity contribution < 1.29 is 14.3 Å². The van der Waals surface area contributed by atoms with Crippen molar-refractivity contribution in [2.24, 2.45) is 0 Å². The van der Waals surface area contributed by atoms with Gasteiger partial charge in [-0.3, -0.25) is 4.57 Å². The number of amides is 1. The molecule has 2 aliphatic rings. The summed E-state index contributed by atoms with van der Waals surface area (Å²) in [4.78, 5) is 29.0. The van der Waals surface area contributed by atoms with E-state index in [9.17, 15) is 4.79 Å². The third-order valence-electron chi connectivity index (χ3n) is 7.06. The fraction of sp³-hybridized carbons (Fsp3) is 0.379. The maximum absolute atomic E-state index is 12.4. The lowest BCUT2D eigenvalue weighted by Gasteiger charge is -2.27. The summed E-state index contributed by atoms with van der Waals surface area (Å²) in [5.74, 6) is 1.98. The highest BCUT2D eigenvalue weighted by molar-refractivity contribution is 5.84. The summed E-state index contributed by atoms with van der Waals surface area (Å²) < 4.78 is 13.1. The summed E-state index contributed by atoms with van der Waals surface area (Å²) in [5.41, 5.74) is 11.2. The van der Waals surface area contributed by atoms with Crippen molar-refractivity contribution in [3.8, 4) is 17.1 Å². The van der Waals surface area contributed by atoms with Crippen LogP contribution in [0.2, 0.25) is 0 Å². The molecule has 10 heteroatoms. The maximum atomic E-state index is 12.4. The van der Waals surface area contributed by atoms with Gasteiger partial charge < -0.3 is 25.4 Å². The fourth-order valence-corrected chi connectivity index (χ4v) is 5.29. The second kappa shape index (κ2) is 9.85. The zero-order valence-electron chi connectivity index (χ0n) is 22.5. The van der Waals surface area contributed by atoms with Gasteiger partial charge in [0.05, 0.1) is 24.8 Å². The van der Waals surface area contributed by atoms with Crippen LogP contribution in [0.1, 0.15) is 44.4 Å². The number of benzene rings is 1. The third-order valence-corrected chi connectivity index (χ3v) is 7.06. The normalized spacial score (nSPS) is 17.3. The van der Waals surface area contributed by atoms with Crippen molar-refractivity contribution in [2.45, 2.75) is 45.3 Å². The van der Waals surface area contributed by atoms with Crippen LogP contribution < -0.4 is 16.0 Å². The van der Waals surface area contributed by atoms with Gasteiger partial charge in [0.25, 0.3) is 0 Å². The second-order valence-corrected chi connectivity index (χ2v) is 10.9. The molecule has 0 radical (unpaired) electrons. The van der Waals surface area contributed by atoms with Crippen LogP contribution in [0, 0.1) is 0 Å². The first-order valence-electron chi connectivity index (χ1n) is 13.3. The summed E-state index contributed by atoms with van der Waals surface area (Å²) in [6.07, 6.45) is 2.92. The zero-order valence-corrected chi connectivity index (χ0v) is 22.5. The third kappa shape index (κ3) is 4.99. The molecule has 0 unspecified atom stereocenters. The van der Waals surface area contributed by atoms with E-state index in [1.54, 1.807) is 6.20 Å². The van der Waals surface area contributed by atoms with Crippen molar-refractivity contribution in [1.29, 1.82) is 0 Å². The molecule has 1 fully saturated rings. The molecule has 6 rings (SSSR count). The van der Waals surface area contributed by atoms with E-state index < -0.39 is 11.7 Å². The Morgan fingerprint density at radius 1 is 1.13 bits per heavy atom. The molecule has 202 valence electrons. The topological polar surface area (TPSA) is 120 Å².